The van der Waals surface area contributed by atoms with Gasteiger partial charge in [0.15, 0.2) is 0 Å². The summed E-state index contributed by atoms with van der Waals surface area (Å²) in [7, 11) is 3.99. The maximum atomic E-state index is 11.5. The number of ether oxygens (including phenoxy) is 1. The predicted octanol–water partition coefficient (Wildman–Crippen LogP) is -0.829. The van der Waals surface area contributed by atoms with Gasteiger partial charge in [-0.2, -0.15) is 0 Å². The Morgan fingerprint density at radius 3 is 2.73 bits per heavy atom. The molecule has 1 heterocycles. The second kappa shape index (κ2) is 4.92. The van der Waals surface area contributed by atoms with Crippen LogP contribution in [0.1, 0.15) is 13.3 Å². The van der Waals surface area contributed by atoms with E-state index in [2.05, 4.69) is 10.2 Å². The Morgan fingerprint density at radius 2 is 2.33 bits per heavy atom. The minimum absolute atomic E-state index is 0.142. The molecule has 1 rings (SSSR count). The minimum atomic E-state index is -0.671. The number of nitrogens with two attached hydrogens (primary N) is 1. The number of primary amides is 1. The molecule has 3 N–H and O–H groups in total. The molecule has 2 atom stereocenters. The quantitative estimate of drug-likeness (QED) is 0.628. The van der Waals surface area contributed by atoms with Crippen LogP contribution in [0.5, 0.6) is 0 Å². The van der Waals surface area contributed by atoms with Crippen molar-refractivity contribution in [1.82, 2.24) is 10.2 Å². The van der Waals surface area contributed by atoms with Gasteiger partial charge in [-0.1, -0.05) is 0 Å². The van der Waals surface area contributed by atoms with Crippen molar-refractivity contribution >= 4 is 5.91 Å². The van der Waals surface area contributed by atoms with Crippen molar-refractivity contribution in [2.75, 3.05) is 33.8 Å². The molecule has 88 valence electrons. The molecule has 1 aliphatic heterocycles. The zero-order valence-corrected chi connectivity index (χ0v) is 9.75. The van der Waals surface area contributed by atoms with Crippen LogP contribution in [0.15, 0.2) is 0 Å². The standard InChI is InChI=1S/C10H21N3O2/c1-8-10(9(11)14,4-7-15-8)12-5-6-13(2)3/h8,12H,4-7H2,1-3H3,(H2,11,14). The van der Waals surface area contributed by atoms with Gasteiger partial charge < -0.3 is 15.4 Å². The van der Waals surface area contributed by atoms with E-state index in [1.54, 1.807) is 0 Å². The Labute approximate surface area is 90.9 Å². The van der Waals surface area contributed by atoms with Crippen molar-refractivity contribution < 1.29 is 9.53 Å². The van der Waals surface area contributed by atoms with E-state index >= 15 is 0 Å². The molecule has 1 aliphatic rings. The fraction of sp³-hybridized carbons (Fsp3) is 0.900. The van der Waals surface area contributed by atoms with Crippen LogP contribution >= 0.6 is 0 Å². The average molecular weight is 215 g/mol. The summed E-state index contributed by atoms with van der Waals surface area (Å²) in [6.45, 7) is 4.10. The Kier molecular flexibility index (Phi) is 4.07. The van der Waals surface area contributed by atoms with Gasteiger partial charge in [0.2, 0.25) is 5.91 Å². The number of hydrogen-bond donors (Lipinski definition) is 2. The second-order valence-corrected chi connectivity index (χ2v) is 4.33. The summed E-state index contributed by atoms with van der Waals surface area (Å²) in [6.07, 6.45) is 0.522. The number of nitrogens with one attached hydrogen (secondary N) is 1. The Balaban J connectivity index is 2.55. The molecule has 0 spiro atoms. The van der Waals surface area contributed by atoms with Crippen molar-refractivity contribution in [3.05, 3.63) is 0 Å². The van der Waals surface area contributed by atoms with Gasteiger partial charge in [-0.25, -0.2) is 0 Å². The van der Waals surface area contributed by atoms with Gasteiger partial charge in [-0.05, 0) is 21.0 Å². The van der Waals surface area contributed by atoms with E-state index in [0.29, 0.717) is 13.0 Å². The van der Waals surface area contributed by atoms with Gasteiger partial charge in [0.1, 0.15) is 5.54 Å². The third kappa shape index (κ3) is 2.68. The molecule has 5 heteroatoms. The molecule has 0 aromatic carbocycles. The van der Waals surface area contributed by atoms with Crippen LogP contribution in [-0.2, 0) is 9.53 Å². The monoisotopic (exact) mass is 215 g/mol. The highest BCUT2D eigenvalue weighted by atomic mass is 16.5. The van der Waals surface area contributed by atoms with E-state index in [0.717, 1.165) is 13.1 Å². The molecular formula is C10H21N3O2. The lowest BCUT2D eigenvalue weighted by atomic mass is 9.91. The first-order valence-electron chi connectivity index (χ1n) is 5.30. The highest BCUT2D eigenvalue weighted by Crippen LogP contribution is 2.25. The number of nitrogens with zero attached hydrogens (tertiary/aromatic N) is 1. The maximum absolute atomic E-state index is 11.5. The van der Waals surface area contributed by atoms with Crippen LogP contribution in [0, 0.1) is 0 Å². The number of likely N-dealkylation sites (N-methyl/N-ethyl adjacent to an activating group) is 1. The first-order valence-corrected chi connectivity index (χ1v) is 5.30. The van der Waals surface area contributed by atoms with Crippen molar-refractivity contribution in [2.24, 2.45) is 5.73 Å². The van der Waals surface area contributed by atoms with E-state index in [1.165, 1.54) is 0 Å². The number of carbonyl (C=O) groups excluding carboxylic acids is 1. The molecule has 0 aromatic heterocycles. The van der Waals surface area contributed by atoms with E-state index < -0.39 is 5.54 Å². The zero-order valence-electron chi connectivity index (χ0n) is 9.75. The molecule has 0 aliphatic carbocycles. The van der Waals surface area contributed by atoms with Crippen molar-refractivity contribution in [2.45, 2.75) is 25.0 Å². The smallest absolute Gasteiger partial charge is 0.240 e. The van der Waals surface area contributed by atoms with Crippen LogP contribution in [0.4, 0.5) is 0 Å². The number of carbonyl (C=O) groups is 1. The van der Waals surface area contributed by atoms with Gasteiger partial charge >= 0.3 is 0 Å². The van der Waals surface area contributed by atoms with Crippen LogP contribution in [-0.4, -0.2) is 56.2 Å². The van der Waals surface area contributed by atoms with Gasteiger partial charge in [0.25, 0.3) is 0 Å². The summed E-state index contributed by atoms with van der Waals surface area (Å²) >= 11 is 0. The van der Waals surface area contributed by atoms with Crippen molar-refractivity contribution in [3.8, 4) is 0 Å². The zero-order chi connectivity index (χ0) is 11.5. The fourth-order valence-electron chi connectivity index (χ4n) is 1.89. The molecule has 0 saturated carbocycles. The van der Waals surface area contributed by atoms with Crippen molar-refractivity contribution in [1.29, 1.82) is 0 Å². The molecule has 0 bridgehead atoms. The highest BCUT2D eigenvalue weighted by molar-refractivity contribution is 5.85. The summed E-state index contributed by atoms with van der Waals surface area (Å²) in [5.74, 6) is -0.314. The average Bonchev–Trinajstić information content (AvgIpc) is 2.48. The van der Waals surface area contributed by atoms with Crippen LogP contribution in [0.2, 0.25) is 0 Å². The minimum Gasteiger partial charge on any atom is -0.376 e. The molecule has 0 radical (unpaired) electrons. The topological polar surface area (TPSA) is 67.6 Å². The summed E-state index contributed by atoms with van der Waals surface area (Å²) in [4.78, 5) is 13.5. The molecule has 1 fully saturated rings. The number of hydrogen-bond acceptors (Lipinski definition) is 4. The van der Waals surface area contributed by atoms with Crippen molar-refractivity contribution in [3.63, 3.8) is 0 Å². The van der Waals surface area contributed by atoms with E-state index in [-0.39, 0.29) is 12.0 Å². The second-order valence-electron chi connectivity index (χ2n) is 4.33. The maximum Gasteiger partial charge on any atom is 0.240 e. The molecule has 1 saturated heterocycles. The number of rotatable bonds is 5. The third-order valence-corrected chi connectivity index (χ3v) is 3.00. The molecule has 15 heavy (non-hydrogen) atoms. The molecule has 5 nitrogen and oxygen atoms in total. The Bertz CT molecular complexity index is 233. The van der Waals surface area contributed by atoms with E-state index in [4.69, 9.17) is 10.5 Å². The summed E-state index contributed by atoms with van der Waals surface area (Å²) < 4.78 is 5.41. The normalized spacial score (nSPS) is 31.1. The van der Waals surface area contributed by atoms with Gasteiger partial charge in [0.05, 0.1) is 6.10 Å². The van der Waals surface area contributed by atoms with E-state index in [9.17, 15) is 4.79 Å². The third-order valence-electron chi connectivity index (χ3n) is 3.00. The molecule has 0 aromatic rings. The summed E-state index contributed by atoms with van der Waals surface area (Å²) in [5, 5.41) is 3.23. The van der Waals surface area contributed by atoms with Crippen LogP contribution in [0.25, 0.3) is 0 Å². The van der Waals surface area contributed by atoms with Gasteiger partial charge in [0, 0.05) is 26.1 Å². The van der Waals surface area contributed by atoms with Gasteiger partial charge in [-0.3, -0.25) is 10.1 Å². The molecule has 2 unspecified atom stereocenters. The Hall–Kier alpha value is -0.650. The first kappa shape index (κ1) is 12.4. The number of amides is 1. The lowest BCUT2D eigenvalue weighted by Crippen LogP contribution is -2.60. The van der Waals surface area contributed by atoms with E-state index in [1.807, 2.05) is 21.0 Å². The Morgan fingerprint density at radius 1 is 1.67 bits per heavy atom. The highest BCUT2D eigenvalue weighted by Gasteiger charge is 2.46. The lowest BCUT2D eigenvalue weighted by molar-refractivity contribution is -0.126. The SMILES string of the molecule is CC1OCCC1(NCCN(C)C)C(N)=O. The van der Waals surface area contributed by atoms with Crippen LogP contribution in [0.3, 0.4) is 0 Å². The predicted molar refractivity (Wildman–Crippen MR) is 58.5 cm³/mol. The van der Waals surface area contributed by atoms with Crippen LogP contribution < -0.4 is 11.1 Å². The first-order chi connectivity index (χ1) is 6.99. The molecular weight excluding hydrogens is 194 g/mol. The summed E-state index contributed by atoms with van der Waals surface area (Å²) in [5.41, 5.74) is 4.77. The largest absolute Gasteiger partial charge is 0.376 e. The fourth-order valence-corrected chi connectivity index (χ4v) is 1.89. The summed E-state index contributed by atoms with van der Waals surface area (Å²) in [6, 6.07) is 0. The lowest BCUT2D eigenvalue weighted by Gasteiger charge is -2.30. The van der Waals surface area contributed by atoms with Gasteiger partial charge in [-0.15, -0.1) is 0 Å². The molecule has 1 amide bonds.